The van der Waals surface area contributed by atoms with Crippen LogP contribution in [0.4, 0.5) is 0 Å². The van der Waals surface area contributed by atoms with E-state index in [0.717, 1.165) is 0 Å². The summed E-state index contributed by atoms with van der Waals surface area (Å²) in [6.07, 6.45) is 4.07. The maximum atomic E-state index is 3.77. The molecule has 0 aromatic carbocycles. The van der Waals surface area contributed by atoms with Gasteiger partial charge in [-0.25, -0.2) is 0 Å². The minimum Gasteiger partial charge on any atom is -0.358 e. The summed E-state index contributed by atoms with van der Waals surface area (Å²) in [6, 6.07) is 0. The van der Waals surface area contributed by atoms with Crippen molar-refractivity contribution in [3.8, 4) is 0 Å². The van der Waals surface area contributed by atoms with Crippen LogP contribution in [0.5, 0.6) is 0 Å². The molecule has 0 aliphatic rings. The Morgan fingerprint density at radius 3 is 1.18 bits per heavy atom. The van der Waals surface area contributed by atoms with Crippen molar-refractivity contribution < 1.29 is 32.7 Å². The standard InChI is InChI=1S/C8H18.C5H11.C2H5.CH3.Y/c1-5-6-7-8(2,3)4;1-5(2,3)4;1-2;;/h5-7H2,1-4H3;1H2,2-4H3;1H2,2H3;1H3;/q;3*-1;+3. The van der Waals surface area contributed by atoms with E-state index in [1.165, 1.54) is 19.3 Å². The molecule has 0 saturated heterocycles. The van der Waals surface area contributed by atoms with Gasteiger partial charge in [-0.05, 0) is 11.8 Å². The average molecular weight is 318 g/mol. The van der Waals surface area contributed by atoms with E-state index in [2.05, 4.69) is 62.3 Å². The van der Waals surface area contributed by atoms with Crippen molar-refractivity contribution in [1.82, 2.24) is 0 Å². The van der Waals surface area contributed by atoms with Gasteiger partial charge in [0.25, 0.3) is 0 Å². The van der Waals surface area contributed by atoms with Gasteiger partial charge in [-0.2, -0.15) is 12.3 Å². The molecule has 0 radical (unpaired) electrons. The van der Waals surface area contributed by atoms with Crippen LogP contribution in [0.1, 0.15) is 74.7 Å². The van der Waals surface area contributed by atoms with E-state index in [1.807, 2.05) is 0 Å². The molecule has 0 fully saturated rings. The molecule has 0 aromatic heterocycles. The summed E-state index contributed by atoms with van der Waals surface area (Å²) in [5.74, 6) is 0. The fourth-order valence-electron chi connectivity index (χ4n) is 0.707. The molecule has 0 nitrogen and oxygen atoms in total. The van der Waals surface area contributed by atoms with Crippen LogP contribution in [0.3, 0.4) is 0 Å². The topological polar surface area (TPSA) is 0 Å². The summed E-state index contributed by atoms with van der Waals surface area (Å²) in [7, 11) is 0. The molecule has 17 heavy (non-hydrogen) atoms. The molecule has 0 saturated carbocycles. The second-order valence-electron chi connectivity index (χ2n) is 6.22. The zero-order chi connectivity index (χ0) is 13.1. The van der Waals surface area contributed by atoms with Crippen LogP contribution < -0.4 is 0 Å². The molecule has 0 aromatic rings. The molecule has 104 valence electrons. The molecule has 0 spiro atoms. The number of hydrogen-bond donors (Lipinski definition) is 0. The van der Waals surface area contributed by atoms with E-state index in [1.54, 1.807) is 6.92 Å². The smallest absolute Gasteiger partial charge is 0.358 e. The first-order valence-corrected chi connectivity index (χ1v) is 6.12. The maximum Gasteiger partial charge on any atom is 3.00 e. The fourth-order valence-corrected chi connectivity index (χ4v) is 0.707. The Morgan fingerprint density at radius 2 is 1.12 bits per heavy atom. The zero-order valence-electron chi connectivity index (χ0n) is 14.1. The van der Waals surface area contributed by atoms with Crippen molar-refractivity contribution in [2.75, 3.05) is 0 Å². The van der Waals surface area contributed by atoms with Crippen molar-refractivity contribution in [2.45, 2.75) is 74.7 Å². The average Bonchev–Trinajstić information content (AvgIpc) is 2.00. The first-order chi connectivity index (χ1) is 6.56. The zero-order valence-corrected chi connectivity index (χ0v) is 17.0. The predicted molar refractivity (Wildman–Crippen MR) is 81.2 cm³/mol. The fraction of sp³-hybridized carbons (Fsp3) is 0.812. The molecule has 0 rings (SSSR count). The molecule has 0 aliphatic carbocycles. The molecule has 0 heterocycles. The van der Waals surface area contributed by atoms with E-state index in [0.29, 0.717) is 5.41 Å². The van der Waals surface area contributed by atoms with E-state index < -0.39 is 0 Å². The SMILES string of the molecule is CCCCC(C)(C)C.[CH2-]C.[CH2-]C(C)(C)C.[CH3-].[Y+3]. The molecule has 0 aliphatic heterocycles. The van der Waals surface area contributed by atoms with Gasteiger partial charge < -0.3 is 21.3 Å². The van der Waals surface area contributed by atoms with Crippen molar-refractivity contribution in [3.05, 3.63) is 21.3 Å². The number of rotatable bonds is 2. The van der Waals surface area contributed by atoms with Crippen molar-refractivity contribution >= 4 is 0 Å². The van der Waals surface area contributed by atoms with E-state index >= 15 is 0 Å². The third kappa shape index (κ3) is 105. The van der Waals surface area contributed by atoms with E-state index in [9.17, 15) is 0 Å². The number of unbranched alkanes of at least 4 members (excludes halogenated alkanes) is 1. The van der Waals surface area contributed by atoms with Crippen molar-refractivity contribution in [2.24, 2.45) is 10.8 Å². The van der Waals surface area contributed by atoms with Gasteiger partial charge >= 0.3 is 32.7 Å². The van der Waals surface area contributed by atoms with Crippen LogP contribution in [0, 0.1) is 32.1 Å². The van der Waals surface area contributed by atoms with Crippen LogP contribution in [0.2, 0.25) is 0 Å². The summed E-state index contributed by atoms with van der Waals surface area (Å²) >= 11 is 0. The third-order valence-electron chi connectivity index (χ3n) is 1.28. The Labute approximate surface area is 139 Å². The Morgan fingerprint density at radius 1 is 0.882 bits per heavy atom. The summed E-state index contributed by atoms with van der Waals surface area (Å²) in [5, 5.41) is 0. The minimum absolute atomic E-state index is 0. The van der Waals surface area contributed by atoms with Gasteiger partial charge in [-0.3, -0.25) is 0 Å². The monoisotopic (exact) mass is 318 g/mol. The van der Waals surface area contributed by atoms with Crippen molar-refractivity contribution in [3.63, 3.8) is 0 Å². The third-order valence-corrected chi connectivity index (χ3v) is 1.28. The normalized spacial score (nSPS) is 9.53. The van der Waals surface area contributed by atoms with Gasteiger partial charge in [0, 0.05) is 0 Å². The second-order valence-corrected chi connectivity index (χ2v) is 6.22. The Hall–Kier alpha value is 1.10. The van der Waals surface area contributed by atoms with Gasteiger partial charge in [0.15, 0.2) is 0 Å². The first-order valence-electron chi connectivity index (χ1n) is 6.12. The Balaban J connectivity index is -0.0000000471. The summed E-state index contributed by atoms with van der Waals surface area (Å²) < 4.78 is 0. The minimum atomic E-state index is 0. The maximum absolute atomic E-state index is 3.77. The summed E-state index contributed by atoms with van der Waals surface area (Å²) in [6.45, 7) is 24.1. The Bertz CT molecular complexity index is 97.7. The van der Waals surface area contributed by atoms with Crippen LogP contribution in [0.25, 0.3) is 0 Å². The molecule has 0 N–H and O–H groups in total. The molecular formula is C16H37Y. The van der Waals surface area contributed by atoms with Crippen LogP contribution in [0.15, 0.2) is 0 Å². The molecule has 0 amide bonds. The van der Waals surface area contributed by atoms with Crippen LogP contribution in [-0.2, 0) is 32.7 Å². The largest absolute Gasteiger partial charge is 3.00 e. The second kappa shape index (κ2) is 17.1. The quantitative estimate of drug-likeness (QED) is 0.518. The van der Waals surface area contributed by atoms with Crippen molar-refractivity contribution in [1.29, 1.82) is 0 Å². The number of hydrogen-bond acceptors (Lipinski definition) is 0. The molecular weight excluding hydrogens is 281 g/mol. The molecule has 0 unspecified atom stereocenters. The van der Waals surface area contributed by atoms with Gasteiger partial charge in [-0.15, -0.1) is 0 Å². The van der Waals surface area contributed by atoms with Gasteiger partial charge in [0.1, 0.15) is 0 Å². The van der Waals surface area contributed by atoms with Gasteiger partial charge in [-0.1, -0.05) is 61.3 Å². The van der Waals surface area contributed by atoms with E-state index in [4.69, 9.17) is 0 Å². The van der Waals surface area contributed by atoms with Crippen LogP contribution >= 0.6 is 0 Å². The van der Waals surface area contributed by atoms with Crippen LogP contribution in [-0.4, -0.2) is 0 Å². The molecule has 1 heteroatoms. The summed E-state index contributed by atoms with van der Waals surface area (Å²) in [5.41, 5.74) is 0.802. The predicted octanol–water partition coefficient (Wildman–Crippen LogP) is 6.38. The van der Waals surface area contributed by atoms with Gasteiger partial charge in [0.05, 0.1) is 0 Å². The molecule has 0 atom stereocenters. The van der Waals surface area contributed by atoms with Gasteiger partial charge in [0.2, 0.25) is 0 Å². The Kier molecular flexibility index (Phi) is 31.0. The molecule has 0 bridgehead atoms. The first kappa shape index (κ1) is 30.8. The summed E-state index contributed by atoms with van der Waals surface area (Å²) in [4.78, 5) is 0. The van der Waals surface area contributed by atoms with E-state index in [-0.39, 0.29) is 45.6 Å².